The number of hydrogen-bond acceptors (Lipinski definition) is 3. The third kappa shape index (κ3) is 2.92. The Kier molecular flexibility index (Phi) is 4.63. The van der Waals surface area contributed by atoms with Crippen molar-refractivity contribution in [2.24, 2.45) is 5.84 Å². The van der Waals surface area contributed by atoms with Crippen LogP contribution in [0.2, 0.25) is 5.02 Å². The van der Waals surface area contributed by atoms with E-state index < -0.39 is 0 Å². The smallest absolute Gasteiger partial charge is 0.0814 e. The van der Waals surface area contributed by atoms with Crippen LogP contribution in [0.1, 0.15) is 16.5 Å². The number of thiophene rings is 1. The first-order valence-electron chi connectivity index (χ1n) is 4.77. The lowest BCUT2D eigenvalue weighted by atomic mass is 10.1. The molecule has 0 saturated carbocycles. The van der Waals surface area contributed by atoms with Gasteiger partial charge in [-0.05, 0) is 61.0 Å². The van der Waals surface area contributed by atoms with Crippen LogP contribution in [0.15, 0.2) is 38.6 Å². The molecule has 1 aromatic carbocycles. The van der Waals surface area contributed by atoms with Crippen molar-refractivity contribution in [1.29, 1.82) is 0 Å². The summed E-state index contributed by atoms with van der Waals surface area (Å²) in [5, 5.41) is 2.69. The molecule has 0 radical (unpaired) electrons. The molecule has 0 amide bonds. The van der Waals surface area contributed by atoms with Gasteiger partial charge in [-0.25, -0.2) is 5.43 Å². The minimum Gasteiger partial charge on any atom is -0.271 e. The van der Waals surface area contributed by atoms with Crippen LogP contribution < -0.4 is 11.3 Å². The standard InChI is InChI=1S/C11H9Br2ClN2S/c12-7-2-1-6(5-9(7)14)10(16-15)11-8(13)3-4-17-11/h1-5,10,16H,15H2. The van der Waals surface area contributed by atoms with Gasteiger partial charge in [-0.15, -0.1) is 11.3 Å². The van der Waals surface area contributed by atoms with E-state index in [1.807, 2.05) is 29.6 Å². The van der Waals surface area contributed by atoms with Crippen LogP contribution >= 0.6 is 54.8 Å². The average Bonchev–Trinajstić information content (AvgIpc) is 2.71. The van der Waals surface area contributed by atoms with E-state index in [2.05, 4.69) is 37.3 Å². The topological polar surface area (TPSA) is 38.0 Å². The Balaban J connectivity index is 2.42. The number of hydrogen-bond donors (Lipinski definition) is 2. The first-order valence-corrected chi connectivity index (χ1v) is 7.62. The lowest BCUT2D eigenvalue weighted by Gasteiger charge is -2.16. The van der Waals surface area contributed by atoms with Gasteiger partial charge in [0, 0.05) is 13.8 Å². The highest BCUT2D eigenvalue weighted by molar-refractivity contribution is 9.10. The molecule has 0 spiro atoms. The summed E-state index contributed by atoms with van der Waals surface area (Å²) >= 11 is 14.6. The SMILES string of the molecule is NNC(c1ccc(Br)c(Cl)c1)c1sccc1Br. The lowest BCUT2D eigenvalue weighted by molar-refractivity contribution is 0.644. The van der Waals surface area contributed by atoms with Crippen LogP contribution in [0.5, 0.6) is 0 Å². The van der Waals surface area contributed by atoms with Crippen molar-refractivity contribution in [3.05, 3.63) is 54.1 Å². The first-order chi connectivity index (χ1) is 8.13. The highest BCUT2D eigenvalue weighted by atomic mass is 79.9. The lowest BCUT2D eigenvalue weighted by Crippen LogP contribution is -2.28. The van der Waals surface area contributed by atoms with Gasteiger partial charge in [0.2, 0.25) is 0 Å². The van der Waals surface area contributed by atoms with Crippen LogP contribution in [0.3, 0.4) is 0 Å². The van der Waals surface area contributed by atoms with E-state index in [-0.39, 0.29) is 6.04 Å². The molecule has 0 aliphatic rings. The summed E-state index contributed by atoms with van der Waals surface area (Å²) in [5.41, 5.74) is 3.85. The summed E-state index contributed by atoms with van der Waals surface area (Å²) in [6.45, 7) is 0. The molecular weight excluding hydrogens is 387 g/mol. The van der Waals surface area contributed by atoms with Gasteiger partial charge in [0.05, 0.1) is 11.1 Å². The molecule has 0 saturated heterocycles. The van der Waals surface area contributed by atoms with Crippen LogP contribution in [-0.4, -0.2) is 0 Å². The Morgan fingerprint density at radius 3 is 2.53 bits per heavy atom. The Hall–Kier alpha value is 0.0900. The fraction of sp³-hybridized carbons (Fsp3) is 0.0909. The number of hydrazine groups is 1. The van der Waals surface area contributed by atoms with E-state index in [9.17, 15) is 0 Å². The molecule has 1 unspecified atom stereocenters. The van der Waals surface area contributed by atoms with E-state index in [4.69, 9.17) is 17.4 Å². The predicted molar refractivity (Wildman–Crippen MR) is 80.3 cm³/mol. The minimum atomic E-state index is -0.0602. The summed E-state index contributed by atoms with van der Waals surface area (Å²) in [6.07, 6.45) is 0. The van der Waals surface area contributed by atoms with Crippen LogP contribution in [0, 0.1) is 0 Å². The van der Waals surface area contributed by atoms with Gasteiger partial charge in [0.1, 0.15) is 0 Å². The van der Waals surface area contributed by atoms with E-state index >= 15 is 0 Å². The molecule has 0 fully saturated rings. The van der Waals surface area contributed by atoms with E-state index in [0.29, 0.717) is 5.02 Å². The van der Waals surface area contributed by atoms with Crippen molar-refractivity contribution in [1.82, 2.24) is 5.43 Å². The van der Waals surface area contributed by atoms with Gasteiger partial charge in [0.15, 0.2) is 0 Å². The highest BCUT2D eigenvalue weighted by Gasteiger charge is 2.17. The van der Waals surface area contributed by atoms with Gasteiger partial charge in [-0.3, -0.25) is 5.84 Å². The Morgan fingerprint density at radius 2 is 2.00 bits per heavy atom. The van der Waals surface area contributed by atoms with Crippen molar-refractivity contribution in [2.45, 2.75) is 6.04 Å². The van der Waals surface area contributed by atoms with Crippen LogP contribution in [0.25, 0.3) is 0 Å². The van der Waals surface area contributed by atoms with E-state index in [1.165, 1.54) is 0 Å². The summed E-state index contributed by atoms with van der Waals surface area (Å²) in [6, 6.07) is 7.76. The maximum Gasteiger partial charge on any atom is 0.0814 e. The van der Waals surface area contributed by atoms with Crippen molar-refractivity contribution < 1.29 is 0 Å². The zero-order valence-corrected chi connectivity index (χ0v) is 13.3. The minimum absolute atomic E-state index is 0.0602. The van der Waals surface area contributed by atoms with Gasteiger partial charge >= 0.3 is 0 Å². The molecule has 2 rings (SSSR count). The number of halogens is 3. The Bertz CT molecular complexity index is 530. The maximum absolute atomic E-state index is 6.09. The van der Waals surface area contributed by atoms with Gasteiger partial charge < -0.3 is 0 Å². The summed E-state index contributed by atoms with van der Waals surface area (Å²) < 4.78 is 1.92. The Labute approximate surface area is 125 Å². The molecule has 3 N–H and O–H groups in total. The third-order valence-electron chi connectivity index (χ3n) is 2.35. The summed E-state index contributed by atoms with van der Waals surface area (Å²) in [7, 11) is 0. The molecule has 90 valence electrons. The second-order valence-electron chi connectivity index (χ2n) is 3.41. The van der Waals surface area contributed by atoms with Crippen LogP contribution in [-0.2, 0) is 0 Å². The zero-order valence-electron chi connectivity index (χ0n) is 8.58. The van der Waals surface area contributed by atoms with Crippen molar-refractivity contribution in [3.63, 3.8) is 0 Å². The number of rotatable bonds is 3. The second kappa shape index (κ2) is 5.82. The molecule has 0 bridgehead atoms. The zero-order chi connectivity index (χ0) is 12.4. The predicted octanol–water partition coefficient (Wildman–Crippen LogP) is 4.48. The number of nitrogens with two attached hydrogens (primary N) is 1. The quantitative estimate of drug-likeness (QED) is 0.593. The van der Waals surface area contributed by atoms with E-state index in [0.717, 1.165) is 19.4 Å². The first kappa shape index (κ1) is 13.5. The molecule has 1 heterocycles. The monoisotopic (exact) mass is 394 g/mol. The number of nitrogens with one attached hydrogen (secondary N) is 1. The fourth-order valence-corrected chi connectivity index (χ4v) is 3.65. The normalized spacial score (nSPS) is 12.7. The molecule has 2 aromatic rings. The Morgan fingerprint density at radius 1 is 1.24 bits per heavy atom. The van der Waals surface area contributed by atoms with Crippen LogP contribution in [0.4, 0.5) is 0 Å². The average molecular weight is 397 g/mol. The molecule has 0 aliphatic heterocycles. The van der Waals surface area contributed by atoms with Gasteiger partial charge in [-0.1, -0.05) is 17.7 Å². The van der Waals surface area contributed by atoms with Crippen molar-refractivity contribution >= 4 is 54.8 Å². The second-order valence-corrected chi connectivity index (χ2v) is 6.47. The van der Waals surface area contributed by atoms with Crippen molar-refractivity contribution in [3.8, 4) is 0 Å². The highest BCUT2D eigenvalue weighted by Crippen LogP contribution is 2.34. The third-order valence-corrected chi connectivity index (χ3v) is 5.52. The van der Waals surface area contributed by atoms with Crippen molar-refractivity contribution in [2.75, 3.05) is 0 Å². The fourth-order valence-electron chi connectivity index (χ4n) is 1.53. The van der Waals surface area contributed by atoms with Gasteiger partial charge in [0.25, 0.3) is 0 Å². The molecule has 2 nitrogen and oxygen atoms in total. The molecule has 0 aliphatic carbocycles. The summed E-state index contributed by atoms with van der Waals surface area (Å²) in [4.78, 5) is 1.13. The largest absolute Gasteiger partial charge is 0.271 e. The van der Waals surface area contributed by atoms with E-state index in [1.54, 1.807) is 11.3 Å². The molecule has 1 aromatic heterocycles. The maximum atomic E-state index is 6.09. The van der Waals surface area contributed by atoms with Gasteiger partial charge in [-0.2, -0.15) is 0 Å². The molecular formula is C11H9Br2ClN2S. The molecule has 6 heteroatoms. The number of benzene rings is 1. The molecule has 17 heavy (non-hydrogen) atoms. The molecule has 1 atom stereocenters. The summed E-state index contributed by atoms with van der Waals surface area (Å²) in [5.74, 6) is 5.63.